The third kappa shape index (κ3) is 9.11. The summed E-state index contributed by atoms with van der Waals surface area (Å²) in [6.45, 7) is 5.70. The van der Waals surface area contributed by atoms with Crippen molar-refractivity contribution in [3.8, 4) is 0 Å². The van der Waals surface area contributed by atoms with Crippen molar-refractivity contribution in [1.82, 2.24) is 10.6 Å². The number of hydrogen-bond donors (Lipinski definition) is 2. The zero-order valence-corrected chi connectivity index (χ0v) is 18.9. The zero-order valence-electron chi connectivity index (χ0n) is 17.3. The van der Waals surface area contributed by atoms with Gasteiger partial charge in [-0.15, -0.1) is 0 Å². The Hall–Kier alpha value is -2.37. The molecule has 0 saturated carbocycles. The van der Waals surface area contributed by atoms with E-state index in [1.165, 1.54) is 6.92 Å². The third-order valence-electron chi connectivity index (χ3n) is 3.55. The van der Waals surface area contributed by atoms with Crippen molar-refractivity contribution in [2.75, 3.05) is 13.2 Å². The molecule has 7 nitrogen and oxygen atoms in total. The molecule has 2 amide bonds. The normalized spacial score (nSPS) is 12.7. The Bertz CT molecular complexity index is 825. The molecule has 0 fully saturated rings. The van der Waals surface area contributed by atoms with Crippen LogP contribution in [0.2, 0.25) is 0 Å². The van der Waals surface area contributed by atoms with Crippen LogP contribution >= 0.6 is 15.9 Å². The number of carbonyl (C=O) groups is 3. The smallest absolute Gasteiger partial charge is 0.419 e. The van der Waals surface area contributed by atoms with Gasteiger partial charge in [-0.2, -0.15) is 13.2 Å². The summed E-state index contributed by atoms with van der Waals surface area (Å²) in [7, 11) is 0. The molecule has 0 bridgehead atoms. The Kier molecular flexibility index (Phi) is 9.27. The summed E-state index contributed by atoms with van der Waals surface area (Å²) in [5, 5.41) is 4.41. The first-order valence-corrected chi connectivity index (χ1v) is 9.91. The highest BCUT2D eigenvalue weighted by atomic mass is 79.9. The molecular weight excluding hydrogens is 492 g/mol. The first-order chi connectivity index (χ1) is 14.1. The van der Waals surface area contributed by atoms with Crippen LogP contribution in [0, 0.1) is 5.82 Å². The van der Waals surface area contributed by atoms with Crippen LogP contribution < -0.4 is 10.6 Å². The first-order valence-electron chi connectivity index (χ1n) is 9.12. The number of amides is 2. The number of carbonyl (C=O) groups excluding carboxylic acids is 3. The largest absolute Gasteiger partial charge is 0.466 e. The summed E-state index contributed by atoms with van der Waals surface area (Å²) in [6.07, 6.45) is -6.53. The van der Waals surface area contributed by atoms with Gasteiger partial charge in [0.15, 0.2) is 0 Å². The lowest BCUT2D eigenvalue weighted by Crippen LogP contribution is -2.41. The summed E-state index contributed by atoms with van der Waals surface area (Å²) in [5.41, 5.74) is -2.95. The van der Waals surface area contributed by atoms with Crippen molar-refractivity contribution in [2.24, 2.45) is 0 Å². The highest BCUT2D eigenvalue weighted by Gasteiger charge is 2.37. The number of halogens is 5. The van der Waals surface area contributed by atoms with E-state index in [-0.39, 0.29) is 11.1 Å². The van der Waals surface area contributed by atoms with Crippen LogP contribution in [0.25, 0.3) is 0 Å². The van der Waals surface area contributed by atoms with Crippen LogP contribution in [0.4, 0.5) is 22.4 Å². The molecule has 1 aromatic rings. The van der Waals surface area contributed by atoms with Crippen LogP contribution in [0.3, 0.4) is 0 Å². The lowest BCUT2D eigenvalue weighted by Gasteiger charge is -2.22. The second-order valence-electron chi connectivity index (χ2n) is 7.34. The van der Waals surface area contributed by atoms with Gasteiger partial charge in [0.05, 0.1) is 24.6 Å². The minimum atomic E-state index is -5.00. The summed E-state index contributed by atoms with van der Waals surface area (Å²) in [5.74, 6) is -3.38. The van der Waals surface area contributed by atoms with E-state index in [2.05, 4.69) is 26.6 Å². The molecule has 1 atom stereocenters. The van der Waals surface area contributed by atoms with Gasteiger partial charge < -0.3 is 20.1 Å². The van der Waals surface area contributed by atoms with E-state index < -0.39 is 65.7 Å². The Morgan fingerprint density at radius 2 is 1.77 bits per heavy atom. The Labute approximate surface area is 185 Å². The molecule has 0 aliphatic rings. The number of benzene rings is 1. The van der Waals surface area contributed by atoms with Crippen molar-refractivity contribution in [3.05, 3.63) is 33.5 Å². The minimum Gasteiger partial charge on any atom is -0.466 e. The molecular formula is C19H23BrF4N2O5. The zero-order chi connectivity index (χ0) is 24.0. The molecule has 0 aliphatic heterocycles. The lowest BCUT2D eigenvalue weighted by molar-refractivity contribution is -0.143. The Morgan fingerprint density at radius 1 is 1.16 bits per heavy atom. The molecule has 2 N–H and O–H groups in total. The number of alkyl halides is 3. The van der Waals surface area contributed by atoms with Gasteiger partial charge in [0.1, 0.15) is 18.0 Å². The molecule has 0 aromatic heterocycles. The monoisotopic (exact) mass is 514 g/mol. The van der Waals surface area contributed by atoms with Gasteiger partial charge >= 0.3 is 18.2 Å². The number of ether oxygens (including phenoxy) is 2. The van der Waals surface area contributed by atoms with Crippen LogP contribution in [-0.2, 0) is 25.2 Å². The molecule has 0 heterocycles. The summed E-state index contributed by atoms with van der Waals surface area (Å²) in [4.78, 5) is 35.8. The van der Waals surface area contributed by atoms with Gasteiger partial charge in [0.2, 0.25) is 5.91 Å². The molecule has 0 radical (unpaired) electrons. The molecule has 31 heavy (non-hydrogen) atoms. The predicted molar refractivity (Wildman–Crippen MR) is 105 cm³/mol. The molecule has 12 heteroatoms. The van der Waals surface area contributed by atoms with Gasteiger partial charge in [-0.1, -0.05) is 15.9 Å². The van der Waals surface area contributed by atoms with Crippen molar-refractivity contribution in [1.29, 1.82) is 0 Å². The second kappa shape index (κ2) is 10.8. The maximum absolute atomic E-state index is 14.7. The molecule has 1 unspecified atom stereocenters. The van der Waals surface area contributed by atoms with Crippen LogP contribution in [0.5, 0.6) is 0 Å². The van der Waals surface area contributed by atoms with Crippen molar-refractivity contribution in [2.45, 2.75) is 51.9 Å². The standard InChI is InChI=1S/C19H23BrF4N2O5/c1-5-30-15(28)8-13(26-14(27)9-25-17(29)31-18(2,3)4)11-6-10(20)7-12(16(11)21)19(22,23)24/h6-7,13H,5,8-9H2,1-4H3,(H,25,29)(H,26,27). The number of rotatable bonds is 7. The number of alkyl carbamates (subject to hydrolysis) is 1. The first kappa shape index (κ1) is 26.7. The molecule has 1 rings (SSSR count). The summed E-state index contributed by atoms with van der Waals surface area (Å²) >= 11 is 2.88. The quantitative estimate of drug-likeness (QED) is 0.419. The number of esters is 1. The van der Waals surface area contributed by atoms with E-state index in [0.717, 1.165) is 6.07 Å². The third-order valence-corrected chi connectivity index (χ3v) is 4.01. The maximum Gasteiger partial charge on any atom is 0.419 e. The topological polar surface area (TPSA) is 93.7 Å². The van der Waals surface area contributed by atoms with Gasteiger partial charge in [-0.25, -0.2) is 9.18 Å². The molecule has 1 aromatic carbocycles. The molecule has 0 aliphatic carbocycles. The molecule has 0 spiro atoms. The van der Waals surface area contributed by atoms with Gasteiger partial charge in [-0.3, -0.25) is 9.59 Å². The second-order valence-corrected chi connectivity index (χ2v) is 8.25. The Balaban J connectivity index is 3.12. The van der Waals surface area contributed by atoms with E-state index in [1.54, 1.807) is 20.8 Å². The van der Waals surface area contributed by atoms with Crippen LogP contribution in [-0.4, -0.2) is 36.7 Å². The van der Waals surface area contributed by atoms with E-state index in [1.807, 2.05) is 0 Å². The predicted octanol–water partition coefficient (Wildman–Crippen LogP) is 4.24. The van der Waals surface area contributed by atoms with Gasteiger partial charge in [0, 0.05) is 10.0 Å². The van der Waals surface area contributed by atoms with E-state index in [0.29, 0.717) is 6.07 Å². The average Bonchev–Trinajstić information content (AvgIpc) is 2.59. The fourth-order valence-corrected chi connectivity index (χ4v) is 2.88. The van der Waals surface area contributed by atoms with E-state index in [9.17, 15) is 31.9 Å². The SMILES string of the molecule is CCOC(=O)CC(NC(=O)CNC(=O)OC(C)(C)C)c1cc(Br)cc(C(F)(F)F)c1F. The molecule has 174 valence electrons. The fourth-order valence-electron chi connectivity index (χ4n) is 2.41. The van der Waals surface area contributed by atoms with Crippen molar-refractivity contribution >= 4 is 33.9 Å². The highest BCUT2D eigenvalue weighted by molar-refractivity contribution is 9.10. The fraction of sp³-hybridized carbons (Fsp3) is 0.526. The van der Waals surface area contributed by atoms with E-state index >= 15 is 0 Å². The molecule has 0 saturated heterocycles. The summed E-state index contributed by atoms with van der Waals surface area (Å²) in [6, 6.07) is 0.0907. The van der Waals surface area contributed by atoms with Crippen LogP contribution in [0.15, 0.2) is 16.6 Å². The van der Waals surface area contributed by atoms with E-state index in [4.69, 9.17) is 9.47 Å². The average molecular weight is 515 g/mol. The number of nitrogens with one attached hydrogen (secondary N) is 2. The minimum absolute atomic E-state index is 0.0194. The van der Waals surface area contributed by atoms with Crippen molar-refractivity contribution < 1.29 is 41.4 Å². The van der Waals surface area contributed by atoms with Crippen LogP contribution in [0.1, 0.15) is 51.3 Å². The van der Waals surface area contributed by atoms with Gasteiger partial charge in [-0.05, 0) is 39.8 Å². The summed E-state index contributed by atoms with van der Waals surface area (Å²) < 4.78 is 63.8. The number of hydrogen-bond acceptors (Lipinski definition) is 5. The van der Waals surface area contributed by atoms with Crippen molar-refractivity contribution in [3.63, 3.8) is 0 Å². The highest BCUT2D eigenvalue weighted by Crippen LogP contribution is 2.37. The maximum atomic E-state index is 14.7. The Morgan fingerprint density at radius 3 is 2.29 bits per heavy atom. The van der Waals surface area contributed by atoms with Gasteiger partial charge in [0.25, 0.3) is 0 Å². The lowest BCUT2D eigenvalue weighted by atomic mass is 9.99.